The average molecular weight is 299 g/mol. The molecule has 2 aromatic carbocycles. The van der Waals surface area contributed by atoms with Crippen LogP contribution in [0, 0.1) is 0 Å². The van der Waals surface area contributed by atoms with Crippen molar-refractivity contribution in [1.29, 1.82) is 0 Å². The zero-order valence-electron chi connectivity index (χ0n) is 11.4. The Morgan fingerprint density at radius 3 is 2.00 bits per heavy atom. The summed E-state index contributed by atoms with van der Waals surface area (Å²) in [5.74, 6) is 2.18. The summed E-state index contributed by atoms with van der Waals surface area (Å²) in [4.78, 5) is 11.4. The van der Waals surface area contributed by atoms with Crippen LogP contribution < -0.4 is 15.0 Å². The molecule has 3 rings (SSSR count). The van der Waals surface area contributed by atoms with Gasteiger partial charge in [-0.3, -0.25) is 8.75 Å². The molecule has 4 nitrogen and oxygen atoms in total. The molecule has 21 heavy (non-hydrogen) atoms. The van der Waals surface area contributed by atoms with E-state index in [2.05, 4.69) is 0 Å². The highest BCUT2D eigenvalue weighted by atomic mass is 32.1. The number of rotatable bonds is 4. The van der Waals surface area contributed by atoms with E-state index < -0.39 is 0 Å². The molecule has 0 aliphatic heterocycles. The molecular weight excluding hydrogens is 286 g/mol. The van der Waals surface area contributed by atoms with Crippen molar-refractivity contribution in [2.45, 2.75) is 0 Å². The van der Waals surface area contributed by atoms with E-state index in [9.17, 15) is 4.79 Å². The third-order valence-electron chi connectivity index (χ3n) is 2.80. The summed E-state index contributed by atoms with van der Waals surface area (Å²) in [6.07, 6.45) is 0. The van der Waals surface area contributed by atoms with Gasteiger partial charge in [-0.05, 0) is 47.9 Å². The van der Waals surface area contributed by atoms with Crippen molar-refractivity contribution in [2.75, 3.05) is 0 Å². The van der Waals surface area contributed by atoms with Crippen molar-refractivity contribution in [3.05, 3.63) is 71.0 Å². The molecule has 0 amide bonds. The fourth-order valence-electron chi connectivity index (χ4n) is 1.76. The number of para-hydroxylation sites is 1. The summed E-state index contributed by atoms with van der Waals surface area (Å²) < 4.78 is 12.8. The lowest BCUT2D eigenvalue weighted by atomic mass is 10.3. The van der Waals surface area contributed by atoms with Crippen LogP contribution in [0.2, 0.25) is 0 Å². The topological polar surface area (TPSA) is 40.5 Å². The molecule has 0 saturated heterocycles. The van der Waals surface area contributed by atoms with Gasteiger partial charge < -0.3 is 9.47 Å². The highest BCUT2D eigenvalue weighted by molar-refractivity contribution is 7.08. The number of hydrogen-bond acceptors (Lipinski definition) is 4. The summed E-state index contributed by atoms with van der Waals surface area (Å²) in [7, 11) is 1.71. The van der Waals surface area contributed by atoms with E-state index in [0.29, 0.717) is 10.8 Å². The predicted octanol–water partition coefficient (Wildman–Crippen LogP) is 4.03. The van der Waals surface area contributed by atoms with Crippen molar-refractivity contribution >= 4 is 11.5 Å². The summed E-state index contributed by atoms with van der Waals surface area (Å²) in [5, 5.41) is 0.569. The largest absolute Gasteiger partial charge is 0.457 e. The Hall–Kier alpha value is -2.53. The van der Waals surface area contributed by atoms with Crippen LogP contribution >= 0.6 is 11.5 Å². The van der Waals surface area contributed by atoms with E-state index >= 15 is 0 Å². The number of benzene rings is 2. The summed E-state index contributed by atoms with van der Waals surface area (Å²) in [5.41, 5.74) is -0.0703. The Bertz CT molecular complexity index is 775. The number of aryl methyl sites for hydroxylation is 1. The first kappa shape index (κ1) is 13.5. The van der Waals surface area contributed by atoms with Crippen LogP contribution in [0.4, 0.5) is 0 Å². The lowest BCUT2D eigenvalue weighted by molar-refractivity contribution is 0.474. The fourth-order valence-corrected chi connectivity index (χ4v) is 2.46. The maximum absolute atomic E-state index is 11.4. The Balaban J connectivity index is 1.70. The minimum absolute atomic E-state index is 0.0703. The Morgan fingerprint density at radius 2 is 1.43 bits per heavy atom. The van der Waals surface area contributed by atoms with E-state index in [1.165, 1.54) is 21.6 Å². The van der Waals surface area contributed by atoms with Gasteiger partial charge in [0.1, 0.15) is 17.2 Å². The SMILES string of the molecule is Cn1sc(Oc2ccc(Oc3ccccc3)cc2)cc1=O. The second kappa shape index (κ2) is 5.85. The first-order valence-corrected chi connectivity index (χ1v) is 7.16. The van der Waals surface area contributed by atoms with Gasteiger partial charge in [0.25, 0.3) is 5.56 Å². The zero-order chi connectivity index (χ0) is 14.7. The molecule has 0 fully saturated rings. The van der Waals surface area contributed by atoms with Crippen molar-refractivity contribution in [3.63, 3.8) is 0 Å². The predicted molar refractivity (Wildman–Crippen MR) is 82.6 cm³/mol. The van der Waals surface area contributed by atoms with Gasteiger partial charge in [-0.1, -0.05) is 18.2 Å². The van der Waals surface area contributed by atoms with Crippen LogP contribution in [0.25, 0.3) is 0 Å². The maximum atomic E-state index is 11.4. The van der Waals surface area contributed by atoms with Gasteiger partial charge in [0.05, 0.1) is 6.07 Å². The number of nitrogens with zero attached hydrogens (tertiary/aromatic N) is 1. The first-order chi connectivity index (χ1) is 10.2. The molecule has 0 atom stereocenters. The van der Waals surface area contributed by atoms with E-state index in [0.717, 1.165) is 11.5 Å². The van der Waals surface area contributed by atoms with Gasteiger partial charge in [0.15, 0.2) is 0 Å². The fraction of sp³-hybridized carbons (Fsp3) is 0.0625. The Labute approximate surface area is 126 Å². The minimum atomic E-state index is -0.0703. The third-order valence-corrected chi connectivity index (χ3v) is 3.63. The van der Waals surface area contributed by atoms with Crippen molar-refractivity contribution in [3.8, 4) is 22.3 Å². The Kier molecular flexibility index (Phi) is 3.75. The lowest BCUT2D eigenvalue weighted by Crippen LogP contribution is -2.05. The summed E-state index contributed by atoms with van der Waals surface area (Å²) in [6, 6.07) is 18.3. The standard InChI is InChI=1S/C16H13NO3S/c1-17-15(18)11-16(21-17)20-14-9-7-13(8-10-14)19-12-5-3-2-4-6-12/h2-11H,1H3. The quantitative estimate of drug-likeness (QED) is 0.730. The normalized spacial score (nSPS) is 10.3. The van der Waals surface area contributed by atoms with Gasteiger partial charge in [0.2, 0.25) is 5.06 Å². The van der Waals surface area contributed by atoms with Crippen LogP contribution in [-0.4, -0.2) is 3.96 Å². The van der Waals surface area contributed by atoms with Crippen LogP contribution in [0.1, 0.15) is 0 Å². The molecule has 0 spiro atoms. The molecule has 0 radical (unpaired) electrons. The molecule has 0 N–H and O–H groups in total. The van der Waals surface area contributed by atoms with E-state index in [4.69, 9.17) is 9.47 Å². The molecule has 5 heteroatoms. The van der Waals surface area contributed by atoms with E-state index in [1.54, 1.807) is 7.05 Å². The Morgan fingerprint density at radius 1 is 0.857 bits per heavy atom. The zero-order valence-corrected chi connectivity index (χ0v) is 12.2. The monoisotopic (exact) mass is 299 g/mol. The molecule has 0 bridgehead atoms. The van der Waals surface area contributed by atoms with Gasteiger partial charge in [-0.15, -0.1) is 0 Å². The van der Waals surface area contributed by atoms with Crippen molar-refractivity contribution in [1.82, 2.24) is 3.96 Å². The molecule has 0 aliphatic carbocycles. The molecule has 3 aromatic rings. The molecule has 1 aromatic heterocycles. The van der Waals surface area contributed by atoms with E-state index in [-0.39, 0.29) is 5.56 Å². The van der Waals surface area contributed by atoms with Crippen LogP contribution in [-0.2, 0) is 7.05 Å². The molecule has 1 heterocycles. The minimum Gasteiger partial charge on any atom is -0.457 e. The molecule has 0 unspecified atom stereocenters. The lowest BCUT2D eigenvalue weighted by Gasteiger charge is -2.06. The van der Waals surface area contributed by atoms with E-state index in [1.807, 2.05) is 54.6 Å². The first-order valence-electron chi connectivity index (χ1n) is 6.39. The molecular formula is C16H13NO3S. The number of hydrogen-bond donors (Lipinski definition) is 0. The highest BCUT2D eigenvalue weighted by Crippen LogP contribution is 2.27. The van der Waals surface area contributed by atoms with Gasteiger partial charge in [-0.25, -0.2) is 0 Å². The number of aromatic nitrogens is 1. The van der Waals surface area contributed by atoms with Crippen molar-refractivity contribution in [2.24, 2.45) is 7.05 Å². The smallest absolute Gasteiger partial charge is 0.264 e. The van der Waals surface area contributed by atoms with Gasteiger partial charge in [0, 0.05) is 7.05 Å². The molecule has 0 saturated carbocycles. The maximum Gasteiger partial charge on any atom is 0.264 e. The third kappa shape index (κ3) is 3.32. The summed E-state index contributed by atoms with van der Waals surface area (Å²) in [6.45, 7) is 0. The highest BCUT2D eigenvalue weighted by Gasteiger charge is 2.04. The van der Waals surface area contributed by atoms with Crippen LogP contribution in [0.5, 0.6) is 22.3 Å². The molecule has 0 aliphatic rings. The summed E-state index contributed by atoms with van der Waals surface area (Å²) >= 11 is 1.27. The van der Waals surface area contributed by atoms with Gasteiger partial charge >= 0.3 is 0 Å². The average Bonchev–Trinajstić information content (AvgIpc) is 2.80. The second-order valence-electron chi connectivity index (χ2n) is 4.38. The number of ether oxygens (including phenoxy) is 2. The van der Waals surface area contributed by atoms with Crippen LogP contribution in [0.15, 0.2) is 65.5 Å². The van der Waals surface area contributed by atoms with Crippen LogP contribution in [0.3, 0.4) is 0 Å². The second-order valence-corrected chi connectivity index (χ2v) is 5.51. The molecule has 106 valence electrons. The van der Waals surface area contributed by atoms with Crippen molar-refractivity contribution < 1.29 is 9.47 Å². The van der Waals surface area contributed by atoms with Gasteiger partial charge in [-0.2, -0.15) is 0 Å².